The van der Waals surface area contributed by atoms with Gasteiger partial charge in [0, 0.05) is 34.0 Å². The van der Waals surface area contributed by atoms with Crippen molar-refractivity contribution in [3.63, 3.8) is 0 Å². The van der Waals surface area contributed by atoms with Crippen LogP contribution in [-0.2, 0) is 4.70 Å². The molecule has 0 saturated carbocycles. The van der Waals surface area contributed by atoms with Crippen LogP contribution in [-0.4, -0.2) is 15.1 Å². The number of benzene rings is 2. The maximum atomic E-state index is 10.8. The van der Waals surface area contributed by atoms with Crippen molar-refractivity contribution in [2.75, 3.05) is 5.32 Å². The van der Waals surface area contributed by atoms with E-state index in [1.807, 2.05) is 0 Å². The van der Waals surface area contributed by atoms with E-state index in [0.29, 0.717) is 28.4 Å². The van der Waals surface area contributed by atoms with Gasteiger partial charge in [0.15, 0.2) is 0 Å². The summed E-state index contributed by atoms with van der Waals surface area (Å²) in [7, 11) is 0. The van der Waals surface area contributed by atoms with Crippen LogP contribution >= 0.6 is 15.9 Å². The Labute approximate surface area is 176 Å². The number of nitrogens with one attached hydrogen (secondary N) is 1. The molecule has 0 fully saturated rings. The van der Waals surface area contributed by atoms with Gasteiger partial charge in [0.05, 0.1) is 28.8 Å². The summed E-state index contributed by atoms with van der Waals surface area (Å²) < 4.78 is 3.92. The molecule has 1 atom stereocenters. The molecule has 0 spiro atoms. The van der Waals surface area contributed by atoms with E-state index in [1.54, 1.807) is 50.2 Å². The number of nitriles is 2. The molecule has 0 aliphatic heterocycles. The molecule has 144 valence electrons. The first-order chi connectivity index (χ1) is 13.8. The number of anilines is 2. The van der Waals surface area contributed by atoms with Gasteiger partial charge in [-0.2, -0.15) is 10.5 Å². The fourth-order valence-corrected chi connectivity index (χ4v) is 3.05. The summed E-state index contributed by atoms with van der Waals surface area (Å²) in [6, 6.07) is 14.4. The maximum Gasteiger partial charge on any atom is 0.295 e. The first-order valence-corrected chi connectivity index (χ1v) is 9.33. The van der Waals surface area contributed by atoms with Gasteiger partial charge in [-0.15, -0.1) is 0 Å². The van der Waals surface area contributed by atoms with Gasteiger partial charge in [0.2, 0.25) is 5.95 Å². The number of hydrogen-bond acceptors (Lipinski definition) is 7. The number of rotatable bonds is 5. The third kappa shape index (κ3) is 4.69. The molecule has 3 aromatic rings. The molecule has 0 aliphatic carbocycles. The fraction of sp³-hybridized carbons (Fsp3) is 0.143. The normalized spacial score (nSPS) is 12.3. The Bertz CT molecular complexity index is 1090. The summed E-state index contributed by atoms with van der Waals surface area (Å²) in [5.74, 6) is 0.788. The SMILES string of the molecule is Cc1cc(C#N)cc(C)c1OC(O)(Br)c1cnc(Nc2ccc(C#N)cc2)nc1. The fourth-order valence-electron chi connectivity index (χ4n) is 2.68. The summed E-state index contributed by atoms with van der Waals surface area (Å²) in [5, 5.41) is 31.7. The summed E-state index contributed by atoms with van der Waals surface area (Å²) in [6.45, 7) is 3.60. The van der Waals surface area contributed by atoms with Gasteiger partial charge in [0.1, 0.15) is 5.75 Å². The van der Waals surface area contributed by atoms with E-state index in [0.717, 1.165) is 16.8 Å². The number of aromatic nitrogens is 2. The predicted octanol–water partition coefficient (Wildman–Crippen LogP) is 4.16. The standard InChI is InChI=1S/C21H16BrN5O2/c1-13-7-16(10-24)8-14(2)19(13)29-21(22,28)17-11-25-20(26-12-17)27-18-5-3-15(9-23)4-6-18/h3-8,11-12,28H,1-2H3,(H,25,26,27). The number of halogens is 1. The van der Waals surface area contributed by atoms with Crippen LogP contribution in [0.3, 0.4) is 0 Å². The highest BCUT2D eigenvalue weighted by atomic mass is 79.9. The zero-order valence-corrected chi connectivity index (χ0v) is 17.2. The van der Waals surface area contributed by atoms with Crippen molar-refractivity contribution in [3.05, 3.63) is 76.6 Å². The minimum atomic E-state index is -1.84. The molecular weight excluding hydrogens is 434 g/mol. The molecule has 0 aliphatic rings. The monoisotopic (exact) mass is 449 g/mol. The Balaban J connectivity index is 1.78. The molecule has 1 unspecified atom stereocenters. The Hall–Kier alpha value is -3.46. The molecule has 2 aromatic carbocycles. The quantitative estimate of drug-likeness (QED) is 0.443. The smallest absolute Gasteiger partial charge is 0.295 e. The highest BCUT2D eigenvalue weighted by molar-refractivity contribution is 9.09. The van der Waals surface area contributed by atoms with E-state index in [1.165, 1.54) is 12.4 Å². The average molecular weight is 450 g/mol. The molecule has 3 rings (SSSR count). The molecule has 1 heterocycles. The predicted molar refractivity (Wildman–Crippen MR) is 111 cm³/mol. The third-order valence-electron chi connectivity index (χ3n) is 4.10. The lowest BCUT2D eigenvalue weighted by Gasteiger charge is -2.25. The van der Waals surface area contributed by atoms with Crippen LogP contribution < -0.4 is 10.1 Å². The van der Waals surface area contributed by atoms with Crippen molar-refractivity contribution < 1.29 is 9.84 Å². The van der Waals surface area contributed by atoms with Crippen molar-refractivity contribution in [1.82, 2.24) is 9.97 Å². The zero-order valence-electron chi connectivity index (χ0n) is 15.6. The minimum Gasteiger partial charge on any atom is -0.448 e. The van der Waals surface area contributed by atoms with Crippen molar-refractivity contribution in [2.24, 2.45) is 0 Å². The second-order valence-corrected chi connectivity index (χ2v) is 7.40. The van der Waals surface area contributed by atoms with Gasteiger partial charge in [0.25, 0.3) is 4.70 Å². The van der Waals surface area contributed by atoms with Gasteiger partial charge in [-0.05, 0) is 61.4 Å². The van der Waals surface area contributed by atoms with Gasteiger partial charge < -0.3 is 15.2 Å². The zero-order chi connectivity index (χ0) is 21.0. The highest BCUT2D eigenvalue weighted by Crippen LogP contribution is 2.35. The third-order valence-corrected chi connectivity index (χ3v) is 4.72. The second kappa shape index (κ2) is 8.27. The molecule has 7 nitrogen and oxygen atoms in total. The van der Waals surface area contributed by atoms with Crippen molar-refractivity contribution in [2.45, 2.75) is 18.5 Å². The van der Waals surface area contributed by atoms with Crippen LogP contribution in [0.25, 0.3) is 0 Å². The van der Waals surface area contributed by atoms with Crippen LogP contribution in [0, 0.1) is 36.5 Å². The van der Waals surface area contributed by atoms with Crippen molar-refractivity contribution in [3.8, 4) is 17.9 Å². The van der Waals surface area contributed by atoms with E-state index in [9.17, 15) is 5.11 Å². The van der Waals surface area contributed by atoms with E-state index >= 15 is 0 Å². The number of ether oxygens (including phenoxy) is 1. The number of aryl methyl sites for hydroxylation is 2. The molecule has 1 aromatic heterocycles. The van der Waals surface area contributed by atoms with Crippen LogP contribution in [0.1, 0.15) is 27.8 Å². The lowest BCUT2D eigenvalue weighted by Crippen LogP contribution is -2.26. The number of hydrogen-bond donors (Lipinski definition) is 2. The van der Waals surface area contributed by atoms with Gasteiger partial charge in [-0.3, -0.25) is 0 Å². The lowest BCUT2D eigenvalue weighted by molar-refractivity contribution is -0.0520. The number of aliphatic hydroxyl groups is 1. The van der Waals surface area contributed by atoms with Crippen LogP contribution in [0.5, 0.6) is 5.75 Å². The molecule has 2 N–H and O–H groups in total. The number of alkyl halides is 1. The summed E-state index contributed by atoms with van der Waals surface area (Å²) in [4.78, 5) is 8.39. The second-order valence-electron chi connectivity index (χ2n) is 6.32. The average Bonchev–Trinajstić information content (AvgIpc) is 2.71. The molecule has 29 heavy (non-hydrogen) atoms. The topological polar surface area (TPSA) is 115 Å². The first kappa shape index (κ1) is 20.3. The molecule has 0 amide bonds. The first-order valence-electron chi connectivity index (χ1n) is 8.54. The number of nitrogens with zero attached hydrogens (tertiary/aromatic N) is 4. The van der Waals surface area contributed by atoms with Crippen LogP contribution in [0.4, 0.5) is 11.6 Å². The van der Waals surface area contributed by atoms with Gasteiger partial charge >= 0.3 is 0 Å². The van der Waals surface area contributed by atoms with Gasteiger partial charge in [-0.25, -0.2) is 9.97 Å². The van der Waals surface area contributed by atoms with Crippen molar-refractivity contribution in [1.29, 1.82) is 10.5 Å². The van der Waals surface area contributed by atoms with E-state index in [2.05, 4.69) is 43.4 Å². The lowest BCUT2D eigenvalue weighted by atomic mass is 10.1. The Kier molecular flexibility index (Phi) is 5.79. The maximum absolute atomic E-state index is 10.8. The van der Waals surface area contributed by atoms with E-state index < -0.39 is 4.70 Å². The van der Waals surface area contributed by atoms with Crippen LogP contribution in [0.2, 0.25) is 0 Å². The van der Waals surface area contributed by atoms with Gasteiger partial charge in [-0.1, -0.05) is 0 Å². The Morgan fingerprint density at radius 1 is 1.00 bits per heavy atom. The highest BCUT2D eigenvalue weighted by Gasteiger charge is 2.30. The van der Waals surface area contributed by atoms with E-state index in [4.69, 9.17) is 15.3 Å². The van der Waals surface area contributed by atoms with Crippen LogP contribution in [0.15, 0.2) is 48.8 Å². The van der Waals surface area contributed by atoms with E-state index in [-0.39, 0.29) is 0 Å². The minimum absolute atomic E-state index is 0.297. The Morgan fingerprint density at radius 3 is 2.07 bits per heavy atom. The largest absolute Gasteiger partial charge is 0.448 e. The summed E-state index contributed by atoms with van der Waals surface area (Å²) >= 11 is 3.18. The molecule has 0 saturated heterocycles. The van der Waals surface area contributed by atoms with Crippen molar-refractivity contribution >= 4 is 27.6 Å². The Morgan fingerprint density at radius 2 is 1.55 bits per heavy atom. The molecule has 8 heteroatoms. The molecule has 0 radical (unpaired) electrons. The summed E-state index contributed by atoms with van der Waals surface area (Å²) in [5.41, 5.74) is 3.55. The molecular formula is C21H16BrN5O2. The molecule has 0 bridgehead atoms. The summed E-state index contributed by atoms with van der Waals surface area (Å²) in [6.07, 6.45) is 2.87.